The van der Waals surface area contributed by atoms with Gasteiger partial charge in [0.1, 0.15) is 5.75 Å². The highest BCUT2D eigenvalue weighted by Gasteiger charge is 2.08. The zero-order valence-electron chi connectivity index (χ0n) is 13.0. The van der Waals surface area contributed by atoms with E-state index in [0.717, 1.165) is 18.1 Å². The van der Waals surface area contributed by atoms with Gasteiger partial charge in [0.05, 0.1) is 7.11 Å². The van der Waals surface area contributed by atoms with Crippen LogP contribution in [0.25, 0.3) is 0 Å². The monoisotopic (exact) mass is 296 g/mol. The molecule has 114 valence electrons. The quantitative estimate of drug-likeness (QED) is 0.368. The van der Waals surface area contributed by atoms with Crippen molar-refractivity contribution >= 4 is 11.6 Å². The molecule has 20 heavy (non-hydrogen) atoms. The first kappa shape index (κ1) is 17.4. The van der Waals surface area contributed by atoms with Crippen molar-refractivity contribution in [3.63, 3.8) is 0 Å². The molecule has 0 N–H and O–H groups in total. The molecule has 0 spiro atoms. The summed E-state index contributed by atoms with van der Waals surface area (Å²) in [4.78, 5) is 0. The zero-order valence-corrected chi connectivity index (χ0v) is 13.8. The van der Waals surface area contributed by atoms with Gasteiger partial charge in [-0.05, 0) is 36.5 Å². The van der Waals surface area contributed by atoms with Crippen LogP contribution < -0.4 is 4.74 Å². The lowest BCUT2D eigenvalue weighted by atomic mass is 9.95. The van der Waals surface area contributed by atoms with Crippen LogP contribution >= 0.6 is 11.6 Å². The van der Waals surface area contributed by atoms with E-state index in [1.54, 1.807) is 7.11 Å². The maximum Gasteiger partial charge on any atom is 0.118 e. The molecule has 0 radical (unpaired) electrons. The third kappa shape index (κ3) is 7.19. The Bertz CT molecular complexity index is 334. The molecule has 0 aliphatic carbocycles. The fourth-order valence-corrected chi connectivity index (χ4v) is 2.81. The molecule has 0 amide bonds. The van der Waals surface area contributed by atoms with Crippen LogP contribution in [-0.4, -0.2) is 13.0 Å². The van der Waals surface area contributed by atoms with E-state index in [4.69, 9.17) is 16.3 Å². The normalized spacial score (nSPS) is 12.3. The van der Waals surface area contributed by atoms with Crippen molar-refractivity contribution in [1.29, 1.82) is 0 Å². The molecule has 0 fully saturated rings. The van der Waals surface area contributed by atoms with E-state index in [2.05, 4.69) is 19.1 Å². The van der Waals surface area contributed by atoms with Crippen molar-refractivity contribution in [2.45, 2.75) is 58.3 Å². The summed E-state index contributed by atoms with van der Waals surface area (Å²) in [5.74, 6) is 2.30. The maximum absolute atomic E-state index is 6.11. The Balaban J connectivity index is 2.24. The molecule has 0 aliphatic heterocycles. The number of alkyl halides is 1. The molecule has 1 aromatic rings. The molecule has 1 nitrogen and oxygen atoms in total. The lowest BCUT2D eigenvalue weighted by Gasteiger charge is -2.14. The summed E-state index contributed by atoms with van der Waals surface area (Å²) in [6.07, 6.45) is 10.5. The van der Waals surface area contributed by atoms with Crippen molar-refractivity contribution < 1.29 is 4.74 Å². The van der Waals surface area contributed by atoms with E-state index in [1.807, 2.05) is 12.1 Å². The fraction of sp³-hybridized carbons (Fsp3) is 0.667. The van der Waals surface area contributed by atoms with Gasteiger partial charge in [-0.25, -0.2) is 0 Å². The van der Waals surface area contributed by atoms with Gasteiger partial charge < -0.3 is 4.74 Å². The molecule has 1 rings (SSSR count). The van der Waals surface area contributed by atoms with Crippen LogP contribution in [0.15, 0.2) is 24.3 Å². The highest BCUT2D eigenvalue weighted by Crippen LogP contribution is 2.20. The number of rotatable bonds is 11. The summed E-state index contributed by atoms with van der Waals surface area (Å²) in [6, 6.07) is 8.37. The highest BCUT2D eigenvalue weighted by molar-refractivity contribution is 6.18. The number of methoxy groups -OCH3 is 1. The minimum absolute atomic E-state index is 0.608. The number of ether oxygens (including phenoxy) is 1. The van der Waals surface area contributed by atoms with E-state index in [9.17, 15) is 0 Å². The minimum Gasteiger partial charge on any atom is -0.497 e. The van der Waals surface area contributed by atoms with E-state index in [1.165, 1.54) is 50.5 Å². The molecule has 0 heterocycles. The van der Waals surface area contributed by atoms with Crippen LogP contribution in [0, 0.1) is 5.92 Å². The van der Waals surface area contributed by atoms with Gasteiger partial charge >= 0.3 is 0 Å². The Morgan fingerprint density at radius 2 is 1.65 bits per heavy atom. The third-order valence-corrected chi connectivity index (χ3v) is 4.30. The molecule has 0 bridgehead atoms. The molecule has 2 heteroatoms. The first-order chi connectivity index (χ1) is 9.80. The van der Waals surface area contributed by atoms with E-state index in [0.29, 0.717) is 5.92 Å². The number of hydrogen-bond acceptors (Lipinski definition) is 1. The summed E-state index contributed by atoms with van der Waals surface area (Å²) in [5, 5.41) is 0. The molecule has 0 saturated heterocycles. The molecule has 1 aromatic carbocycles. The minimum atomic E-state index is 0.608. The number of halogens is 1. The second-order valence-electron chi connectivity index (χ2n) is 5.63. The number of benzene rings is 1. The van der Waals surface area contributed by atoms with Crippen LogP contribution in [0.2, 0.25) is 0 Å². The fourth-order valence-electron chi connectivity index (χ4n) is 2.54. The molecule has 0 aromatic heterocycles. The smallest absolute Gasteiger partial charge is 0.118 e. The predicted molar refractivity (Wildman–Crippen MR) is 88.9 cm³/mol. The molecule has 0 saturated carbocycles. The third-order valence-electron chi connectivity index (χ3n) is 3.87. The van der Waals surface area contributed by atoms with Gasteiger partial charge in [0.15, 0.2) is 0 Å². The van der Waals surface area contributed by atoms with Gasteiger partial charge in [0.25, 0.3) is 0 Å². The van der Waals surface area contributed by atoms with Crippen LogP contribution in [0.1, 0.15) is 57.4 Å². The van der Waals surface area contributed by atoms with Crippen LogP contribution in [-0.2, 0) is 6.42 Å². The van der Waals surface area contributed by atoms with Crippen molar-refractivity contribution in [1.82, 2.24) is 0 Å². The second-order valence-corrected chi connectivity index (χ2v) is 5.94. The molecule has 1 unspecified atom stereocenters. The molecule has 0 aliphatic rings. The summed E-state index contributed by atoms with van der Waals surface area (Å²) in [6.45, 7) is 2.26. The summed E-state index contributed by atoms with van der Waals surface area (Å²) in [5.41, 5.74) is 1.36. The first-order valence-electron chi connectivity index (χ1n) is 7.99. The Hall–Kier alpha value is -0.690. The summed E-state index contributed by atoms with van der Waals surface area (Å²) < 4.78 is 5.19. The SMILES string of the molecule is CCCCCCCCC(CCl)Cc1ccc(OC)cc1. The molecular formula is C18H29ClO. The maximum atomic E-state index is 6.11. The topological polar surface area (TPSA) is 9.23 Å². The summed E-state index contributed by atoms with van der Waals surface area (Å²) >= 11 is 6.11. The first-order valence-corrected chi connectivity index (χ1v) is 8.52. The average Bonchev–Trinajstić information content (AvgIpc) is 2.50. The largest absolute Gasteiger partial charge is 0.497 e. The zero-order chi connectivity index (χ0) is 14.6. The van der Waals surface area contributed by atoms with E-state index < -0.39 is 0 Å². The Morgan fingerprint density at radius 3 is 2.25 bits per heavy atom. The van der Waals surface area contributed by atoms with E-state index in [-0.39, 0.29) is 0 Å². The van der Waals surface area contributed by atoms with Gasteiger partial charge in [-0.2, -0.15) is 0 Å². The van der Waals surface area contributed by atoms with Gasteiger partial charge in [0, 0.05) is 5.88 Å². The van der Waals surface area contributed by atoms with E-state index >= 15 is 0 Å². The molecular weight excluding hydrogens is 268 g/mol. The van der Waals surface area contributed by atoms with Crippen molar-refractivity contribution in [2.24, 2.45) is 5.92 Å². The highest BCUT2D eigenvalue weighted by atomic mass is 35.5. The van der Waals surface area contributed by atoms with Gasteiger partial charge in [-0.15, -0.1) is 11.6 Å². The molecule has 1 atom stereocenters. The van der Waals surface area contributed by atoms with Crippen molar-refractivity contribution in [3.8, 4) is 5.75 Å². The Kier molecular flexibility index (Phi) is 9.57. The predicted octanol–water partition coefficient (Wildman–Crippen LogP) is 5.84. The van der Waals surface area contributed by atoms with Crippen LogP contribution in [0.4, 0.5) is 0 Å². The van der Waals surface area contributed by atoms with Gasteiger partial charge in [-0.3, -0.25) is 0 Å². The average molecular weight is 297 g/mol. The standard InChI is InChI=1S/C18H29ClO/c1-3-4-5-6-7-8-9-17(15-19)14-16-10-12-18(20-2)13-11-16/h10-13,17H,3-9,14-15H2,1-2H3. The van der Waals surface area contributed by atoms with Crippen molar-refractivity contribution in [2.75, 3.05) is 13.0 Å². The van der Waals surface area contributed by atoms with Crippen molar-refractivity contribution in [3.05, 3.63) is 29.8 Å². The van der Waals surface area contributed by atoms with Gasteiger partial charge in [0.2, 0.25) is 0 Å². The van der Waals surface area contributed by atoms with Crippen LogP contribution in [0.5, 0.6) is 5.75 Å². The van der Waals surface area contributed by atoms with Gasteiger partial charge in [-0.1, -0.05) is 57.6 Å². The Morgan fingerprint density at radius 1 is 1.00 bits per heavy atom. The van der Waals surface area contributed by atoms with Crippen LogP contribution in [0.3, 0.4) is 0 Å². The number of unbranched alkanes of at least 4 members (excludes halogenated alkanes) is 5. The lowest BCUT2D eigenvalue weighted by molar-refractivity contribution is 0.414. The Labute approximate surface area is 129 Å². The second kappa shape index (κ2) is 11.0. The summed E-state index contributed by atoms with van der Waals surface area (Å²) in [7, 11) is 1.70. The number of hydrogen-bond donors (Lipinski definition) is 0. The lowest BCUT2D eigenvalue weighted by Crippen LogP contribution is -2.06.